The molecule has 110 valence electrons. The van der Waals surface area contributed by atoms with Crippen LogP contribution in [0.2, 0.25) is 0 Å². The number of hydrogen-bond acceptors (Lipinski definition) is 4. The number of rotatable bonds is 3. The van der Waals surface area contributed by atoms with Gasteiger partial charge in [0, 0.05) is 43.8 Å². The van der Waals surface area contributed by atoms with Crippen LogP contribution in [0.1, 0.15) is 24.2 Å². The van der Waals surface area contributed by atoms with Gasteiger partial charge in [0.15, 0.2) is 0 Å². The standard InChI is InChI=1S/C15H23N3O2/c1-15(2,11-16)18-9-7-17(8-10-18)14(20)12-3-5-13(19)6-4-12/h3-6,19H,7-11,16H2,1-2H3. The molecule has 1 heterocycles. The van der Waals surface area contributed by atoms with Crippen LogP contribution >= 0.6 is 0 Å². The fourth-order valence-corrected chi connectivity index (χ4v) is 2.43. The highest BCUT2D eigenvalue weighted by Crippen LogP contribution is 2.17. The zero-order chi connectivity index (χ0) is 14.8. The van der Waals surface area contributed by atoms with Crippen LogP contribution in [-0.4, -0.2) is 59.1 Å². The van der Waals surface area contributed by atoms with Crippen molar-refractivity contribution < 1.29 is 9.90 Å². The normalized spacial score (nSPS) is 17.2. The van der Waals surface area contributed by atoms with E-state index in [1.807, 2.05) is 4.90 Å². The average Bonchev–Trinajstić information content (AvgIpc) is 2.47. The van der Waals surface area contributed by atoms with Gasteiger partial charge in [-0.2, -0.15) is 0 Å². The van der Waals surface area contributed by atoms with E-state index < -0.39 is 0 Å². The van der Waals surface area contributed by atoms with Crippen molar-refractivity contribution in [3.8, 4) is 5.75 Å². The Labute approximate surface area is 120 Å². The predicted molar refractivity (Wildman–Crippen MR) is 78.7 cm³/mol. The minimum atomic E-state index is -0.0202. The second-order valence-corrected chi connectivity index (χ2v) is 5.84. The van der Waals surface area contributed by atoms with Gasteiger partial charge < -0.3 is 15.7 Å². The molecule has 1 amide bonds. The Morgan fingerprint density at radius 2 is 1.75 bits per heavy atom. The summed E-state index contributed by atoms with van der Waals surface area (Å²) in [5.74, 6) is 0.200. The maximum atomic E-state index is 12.3. The summed E-state index contributed by atoms with van der Waals surface area (Å²) in [7, 11) is 0. The van der Waals surface area contributed by atoms with E-state index >= 15 is 0 Å². The van der Waals surface area contributed by atoms with Crippen molar-refractivity contribution >= 4 is 5.91 Å². The van der Waals surface area contributed by atoms with E-state index in [2.05, 4.69) is 18.7 Å². The molecule has 2 rings (SSSR count). The van der Waals surface area contributed by atoms with E-state index in [4.69, 9.17) is 5.73 Å². The number of carbonyl (C=O) groups excluding carboxylic acids is 1. The molecule has 1 aliphatic heterocycles. The van der Waals surface area contributed by atoms with E-state index in [-0.39, 0.29) is 17.2 Å². The van der Waals surface area contributed by atoms with E-state index in [1.54, 1.807) is 24.3 Å². The van der Waals surface area contributed by atoms with Gasteiger partial charge in [0.2, 0.25) is 0 Å². The lowest BCUT2D eigenvalue weighted by Crippen LogP contribution is -2.58. The SMILES string of the molecule is CC(C)(CN)N1CCN(C(=O)c2ccc(O)cc2)CC1. The molecule has 0 atom stereocenters. The summed E-state index contributed by atoms with van der Waals surface area (Å²) in [6.07, 6.45) is 0. The van der Waals surface area contributed by atoms with Crippen LogP contribution < -0.4 is 5.73 Å². The second kappa shape index (κ2) is 5.81. The Balaban J connectivity index is 1.97. The van der Waals surface area contributed by atoms with E-state index in [9.17, 15) is 9.90 Å². The van der Waals surface area contributed by atoms with Gasteiger partial charge in [-0.05, 0) is 38.1 Å². The summed E-state index contributed by atoms with van der Waals surface area (Å²) in [6.45, 7) is 7.97. The molecular weight excluding hydrogens is 254 g/mol. The Morgan fingerprint density at radius 1 is 1.20 bits per heavy atom. The number of phenols is 1. The number of hydrogen-bond donors (Lipinski definition) is 2. The summed E-state index contributed by atoms with van der Waals surface area (Å²) in [6, 6.07) is 6.41. The Kier molecular flexibility index (Phi) is 4.30. The molecule has 1 aliphatic rings. The number of aromatic hydroxyl groups is 1. The maximum absolute atomic E-state index is 12.3. The fourth-order valence-electron chi connectivity index (χ4n) is 2.43. The first-order valence-corrected chi connectivity index (χ1v) is 6.97. The lowest BCUT2D eigenvalue weighted by Gasteiger charge is -2.43. The lowest BCUT2D eigenvalue weighted by atomic mass is 10.0. The van der Waals surface area contributed by atoms with Gasteiger partial charge in [0.1, 0.15) is 5.75 Å². The molecule has 5 nitrogen and oxygen atoms in total. The van der Waals surface area contributed by atoms with Crippen LogP contribution in [-0.2, 0) is 0 Å². The zero-order valence-electron chi connectivity index (χ0n) is 12.2. The van der Waals surface area contributed by atoms with Gasteiger partial charge in [0.05, 0.1) is 0 Å². The number of nitrogens with two attached hydrogens (primary N) is 1. The number of amides is 1. The summed E-state index contributed by atoms with van der Waals surface area (Å²) < 4.78 is 0. The van der Waals surface area contributed by atoms with Crippen LogP contribution in [0.3, 0.4) is 0 Å². The summed E-state index contributed by atoms with van der Waals surface area (Å²) in [5, 5.41) is 9.26. The van der Waals surface area contributed by atoms with Crippen LogP contribution in [0.5, 0.6) is 5.75 Å². The van der Waals surface area contributed by atoms with Gasteiger partial charge in [0.25, 0.3) is 5.91 Å². The molecule has 20 heavy (non-hydrogen) atoms. The Hall–Kier alpha value is -1.59. The third kappa shape index (κ3) is 3.11. The van der Waals surface area contributed by atoms with Gasteiger partial charge in [-0.15, -0.1) is 0 Å². The minimum absolute atomic E-state index is 0.0202. The Morgan fingerprint density at radius 3 is 2.25 bits per heavy atom. The largest absolute Gasteiger partial charge is 0.508 e. The molecule has 3 N–H and O–H groups in total. The molecule has 1 saturated heterocycles. The quantitative estimate of drug-likeness (QED) is 0.861. The molecule has 0 aliphatic carbocycles. The number of nitrogens with zero attached hydrogens (tertiary/aromatic N) is 2. The Bertz CT molecular complexity index is 463. The van der Waals surface area contributed by atoms with Crippen molar-refractivity contribution in [3.63, 3.8) is 0 Å². The number of piperazine rings is 1. The molecule has 0 aromatic heterocycles. The summed E-state index contributed by atoms with van der Waals surface area (Å²) in [4.78, 5) is 16.5. The highest BCUT2D eigenvalue weighted by Gasteiger charge is 2.30. The van der Waals surface area contributed by atoms with Crippen LogP contribution in [0, 0.1) is 0 Å². The third-order valence-electron chi connectivity index (χ3n) is 4.04. The predicted octanol–water partition coefficient (Wildman–Crippen LogP) is 0.887. The average molecular weight is 277 g/mol. The molecule has 0 radical (unpaired) electrons. The van der Waals surface area contributed by atoms with Gasteiger partial charge in [-0.3, -0.25) is 9.69 Å². The van der Waals surface area contributed by atoms with Crippen molar-refractivity contribution in [2.45, 2.75) is 19.4 Å². The molecule has 5 heteroatoms. The van der Waals surface area contributed by atoms with Crippen LogP contribution in [0.25, 0.3) is 0 Å². The molecule has 0 unspecified atom stereocenters. The summed E-state index contributed by atoms with van der Waals surface area (Å²) >= 11 is 0. The van der Waals surface area contributed by atoms with E-state index in [0.29, 0.717) is 25.2 Å². The minimum Gasteiger partial charge on any atom is -0.508 e. The number of benzene rings is 1. The molecule has 0 bridgehead atoms. The molecular formula is C15H23N3O2. The topological polar surface area (TPSA) is 69.8 Å². The maximum Gasteiger partial charge on any atom is 0.253 e. The van der Waals surface area contributed by atoms with Crippen molar-refractivity contribution in [2.24, 2.45) is 5.73 Å². The van der Waals surface area contributed by atoms with Gasteiger partial charge in [-0.25, -0.2) is 0 Å². The van der Waals surface area contributed by atoms with Gasteiger partial charge in [-0.1, -0.05) is 0 Å². The van der Waals surface area contributed by atoms with Crippen LogP contribution in [0.4, 0.5) is 0 Å². The zero-order valence-corrected chi connectivity index (χ0v) is 12.2. The molecule has 1 aromatic carbocycles. The summed E-state index contributed by atoms with van der Waals surface area (Å²) in [5.41, 5.74) is 6.39. The molecule has 1 fully saturated rings. The van der Waals surface area contributed by atoms with E-state index in [1.165, 1.54) is 0 Å². The lowest BCUT2D eigenvalue weighted by molar-refractivity contribution is 0.0426. The van der Waals surface area contributed by atoms with Crippen LogP contribution in [0.15, 0.2) is 24.3 Å². The van der Waals surface area contributed by atoms with Crippen molar-refractivity contribution in [3.05, 3.63) is 29.8 Å². The second-order valence-electron chi connectivity index (χ2n) is 5.84. The highest BCUT2D eigenvalue weighted by molar-refractivity contribution is 5.94. The van der Waals surface area contributed by atoms with Gasteiger partial charge >= 0.3 is 0 Å². The third-order valence-corrected chi connectivity index (χ3v) is 4.04. The van der Waals surface area contributed by atoms with E-state index in [0.717, 1.165) is 13.1 Å². The fraction of sp³-hybridized carbons (Fsp3) is 0.533. The number of carbonyl (C=O) groups is 1. The highest BCUT2D eigenvalue weighted by atomic mass is 16.3. The monoisotopic (exact) mass is 277 g/mol. The first kappa shape index (κ1) is 14.8. The smallest absolute Gasteiger partial charge is 0.253 e. The van der Waals surface area contributed by atoms with Crippen molar-refractivity contribution in [2.75, 3.05) is 32.7 Å². The van der Waals surface area contributed by atoms with Crippen molar-refractivity contribution in [1.29, 1.82) is 0 Å². The van der Waals surface area contributed by atoms with Crippen molar-refractivity contribution in [1.82, 2.24) is 9.80 Å². The first-order chi connectivity index (χ1) is 9.44. The molecule has 0 spiro atoms. The molecule has 1 aromatic rings. The number of phenolic OH excluding ortho intramolecular Hbond substituents is 1. The molecule has 0 saturated carbocycles. The first-order valence-electron chi connectivity index (χ1n) is 6.97.